The first kappa shape index (κ1) is 23.8. The van der Waals surface area contributed by atoms with Gasteiger partial charge < -0.3 is 14.4 Å². The molecule has 0 aromatic heterocycles. The summed E-state index contributed by atoms with van der Waals surface area (Å²) in [5.74, 6) is 0.780. The lowest BCUT2D eigenvalue weighted by Crippen LogP contribution is -2.57. The highest BCUT2D eigenvalue weighted by atomic mass is 16.6. The summed E-state index contributed by atoms with van der Waals surface area (Å²) >= 11 is 0. The highest BCUT2D eigenvalue weighted by Crippen LogP contribution is 2.25. The average Bonchev–Trinajstić information content (AvgIpc) is 2.82. The van der Waals surface area contributed by atoms with E-state index in [2.05, 4.69) is 17.0 Å². The molecule has 1 saturated heterocycles. The molecular formula is C28H32N2O4. The SMILES string of the molecule is COc1ccc2cc(C(=O)C3CN(C(=O)OC(C)(C)C)CCN3Cc3ccccc3)ccc2c1. The number of carbonyl (C=O) groups excluding carboxylic acids is 2. The van der Waals surface area contributed by atoms with Gasteiger partial charge in [-0.3, -0.25) is 9.69 Å². The van der Waals surface area contributed by atoms with Crippen LogP contribution in [0.15, 0.2) is 66.7 Å². The van der Waals surface area contributed by atoms with Gasteiger partial charge in [-0.2, -0.15) is 0 Å². The van der Waals surface area contributed by atoms with Crippen LogP contribution in [0.4, 0.5) is 4.79 Å². The van der Waals surface area contributed by atoms with Crippen LogP contribution in [0.1, 0.15) is 36.7 Å². The lowest BCUT2D eigenvalue weighted by molar-refractivity contribution is 0.00441. The number of carbonyl (C=O) groups is 2. The number of benzene rings is 3. The molecule has 6 nitrogen and oxygen atoms in total. The molecule has 0 N–H and O–H groups in total. The summed E-state index contributed by atoms with van der Waals surface area (Å²) < 4.78 is 10.9. The molecule has 0 bridgehead atoms. The fraction of sp³-hybridized carbons (Fsp3) is 0.357. The van der Waals surface area contributed by atoms with E-state index < -0.39 is 11.6 Å². The molecule has 1 aliphatic rings. The molecule has 4 rings (SSSR count). The summed E-state index contributed by atoms with van der Waals surface area (Å²) in [4.78, 5) is 30.4. The molecule has 0 radical (unpaired) electrons. The van der Waals surface area contributed by atoms with Gasteiger partial charge in [0.25, 0.3) is 0 Å². The smallest absolute Gasteiger partial charge is 0.410 e. The summed E-state index contributed by atoms with van der Waals surface area (Å²) in [6.45, 7) is 7.60. The first-order valence-electron chi connectivity index (χ1n) is 11.6. The highest BCUT2D eigenvalue weighted by Gasteiger charge is 2.36. The van der Waals surface area contributed by atoms with Crippen molar-refractivity contribution in [3.63, 3.8) is 0 Å². The molecular weight excluding hydrogens is 428 g/mol. The van der Waals surface area contributed by atoms with Crippen LogP contribution in [0.5, 0.6) is 5.75 Å². The third-order valence-corrected chi connectivity index (χ3v) is 6.01. The van der Waals surface area contributed by atoms with Crippen molar-refractivity contribution >= 4 is 22.6 Å². The number of ether oxygens (including phenoxy) is 2. The third-order valence-electron chi connectivity index (χ3n) is 6.01. The third kappa shape index (κ3) is 5.57. The predicted molar refractivity (Wildman–Crippen MR) is 133 cm³/mol. The van der Waals surface area contributed by atoms with E-state index in [1.807, 2.05) is 75.4 Å². The van der Waals surface area contributed by atoms with Gasteiger partial charge in [0.15, 0.2) is 5.78 Å². The van der Waals surface area contributed by atoms with Gasteiger partial charge in [0.1, 0.15) is 11.4 Å². The van der Waals surface area contributed by atoms with Gasteiger partial charge in [-0.1, -0.05) is 48.5 Å². The van der Waals surface area contributed by atoms with E-state index in [1.54, 1.807) is 12.0 Å². The number of fused-ring (bicyclic) bond motifs is 1. The maximum absolute atomic E-state index is 13.8. The summed E-state index contributed by atoms with van der Waals surface area (Å²) in [6, 6.07) is 21.2. The Balaban J connectivity index is 1.61. The second-order valence-corrected chi connectivity index (χ2v) is 9.69. The summed E-state index contributed by atoms with van der Waals surface area (Å²) in [6.07, 6.45) is -0.379. The Morgan fingerprint density at radius 1 is 0.941 bits per heavy atom. The van der Waals surface area contributed by atoms with Gasteiger partial charge >= 0.3 is 6.09 Å². The Morgan fingerprint density at radius 2 is 1.65 bits per heavy atom. The number of hydrogen-bond acceptors (Lipinski definition) is 5. The van der Waals surface area contributed by atoms with Gasteiger partial charge in [-0.05, 0) is 55.3 Å². The molecule has 1 atom stereocenters. The lowest BCUT2D eigenvalue weighted by atomic mass is 9.97. The number of rotatable bonds is 5. The molecule has 178 valence electrons. The Hall–Kier alpha value is -3.38. The minimum Gasteiger partial charge on any atom is -0.497 e. The number of amides is 1. The highest BCUT2D eigenvalue weighted by molar-refractivity contribution is 6.03. The molecule has 3 aromatic rings. The lowest BCUT2D eigenvalue weighted by Gasteiger charge is -2.41. The fourth-order valence-electron chi connectivity index (χ4n) is 4.27. The molecule has 0 saturated carbocycles. The van der Waals surface area contributed by atoms with Crippen LogP contribution in [0.3, 0.4) is 0 Å². The Labute approximate surface area is 201 Å². The molecule has 1 unspecified atom stereocenters. The van der Waals surface area contributed by atoms with Gasteiger partial charge in [0, 0.05) is 31.7 Å². The second-order valence-electron chi connectivity index (χ2n) is 9.69. The van der Waals surface area contributed by atoms with Gasteiger partial charge in [-0.15, -0.1) is 0 Å². The standard InChI is InChI=1S/C28H32N2O4/c1-28(2,3)34-27(32)30-15-14-29(18-20-8-6-5-7-9-20)25(19-30)26(31)23-11-10-22-17-24(33-4)13-12-21(22)16-23/h5-13,16-17,25H,14-15,18-19H2,1-4H3. The number of nitrogens with zero attached hydrogens (tertiary/aromatic N) is 2. The molecule has 1 fully saturated rings. The van der Waals surface area contributed by atoms with Gasteiger partial charge in [0.05, 0.1) is 13.2 Å². The fourth-order valence-corrected chi connectivity index (χ4v) is 4.27. The maximum atomic E-state index is 13.8. The molecule has 1 heterocycles. The molecule has 3 aromatic carbocycles. The van der Waals surface area contributed by atoms with Crippen LogP contribution in [0.2, 0.25) is 0 Å². The number of piperazine rings is 1. The number of ketones is 1. The van der Waals surface area contributed by atoms with E-state index in [4.69, 9.17) is 9.47 Å². The molecule has 34 heavy (non-hydrogen) atoms. The molecule has 1 amide bonds. The van der Waals surface area contributed by atoms with Crippen molar-refractivity contribution in [2.24, 2.45) is 0 Å². The maximum Gasteiger partial charge on any atom is 0.410 e. The van der Waals surface area contributed by atoms with Crippen molar-refractivity contribution in [3.05, 3.63) is 77.9 Å². The van der Waals surface area contributed by atoms with Crippen LogP contribution in [-0.2, 0) is 11.3 Å². The first-order valence-corrected chi connectivity index (χ1v) is 11.6. The Bertz CT molecular complexity index is 1170. The largest absolute Gasteiger partial charge is 0.497 e. The van der Waals surface area contributed by atoms with Crippen molar-refractivity contribution in [1.29, 1.82) is 0 Å². The number of hydrogen-bond donors (Lipinski definition) is 0. The monoisotopic (exact) mass is 460 g/mol. The quantitative estimate of drug-likeness (QED) is 0.493. The topological polar surface area (TPSA) is 59.1 Å². The minimum atomic E-state index is -0.586. The molecule has 1 aliphatic heterocycles. The van der Waals surface area contributed by atoms with E-state index in [0.717, 1.165) is 22.1 Å². The Morgan fingerprint density at radius 3 is 2.35 bits per heavy atom. The van der Waals surface area contributed by atoms with Crippen LogP contribution in [0.25, 0.3) is 10.8 Å². The Kier molecular flexibility index (Phi) is 6.89. The van der Waals surface area contributed by atoms with Crippen LogP contribution in [0, 0.1) is 0 Å². The normalized spacial score (nSPS) is 16.9. The molecule has 0 spiro atoms. The van der Waals surface area contributed by atoms with E-state index >= 15 is 0 Å². The minimum absolute atomic E-state index is 0.00177. The number of methoxy groups -OCH3 is 1. The van der Waals surface area contributed by atoms with Gasteiger partial charge in [-0.25, -0.2) is 4.79 Å². The van der Waals surface area contributed by atoms with E-state index in [1.165, 1.54) is 0 Å². The van der Waals surface area contributed by atoms with E-state index in [-0.39, 0.29) is 11.9 Å². The van der Waals surface area contributed by atoms with Crippen molar-refractivity contribution in [1.82, 2.24) is 9.80 Å². The zero-order valence-corrected chi connectivity index (χ0v) is 20.3. The van der Waals surface area contributed by atoms with Crippen molar-refractivity contribution < 1.29 is 19.1 Å². The predicted octanol–water partition coefficient (Wildman–Crippen LogP) is 5.15. The van der Waals surface area contributed by atoms with E-state index in [0.29, 0.717) is 31.7 Å². The summed E-state index contributed by atoms with van der Waals surface area (Å²) in [5, 5.41) is 1.98. The van der Waals surface area contributed by atoms with Crippen molar-refractivity contribution in [2.45, 2.75) is 39.0 Å². The zero-order chi connectivity index (χ0) is 24.3. The first-order chi connectivity index (χ1) is 16.2. The average molecular weight is 461 g/mol. The summed E-state index contributed by atoms with van der Waals surface area (Å²) in [7, 11) is 1.64. The molecule has 0 aliphatic carbocycles. The van der Waals surface area contributed by atoms with E-state index in [9.17, 15) is 9.59 Å². The second kappa shape index (κ2) is 9.85. The van der Waals surface area contributed by atoms with Crippen molar-refractivity contribution in [2.75, 3.05) is 26.7 Å². The van der Waals surface area contributed by atoms with Crippen LogP contribution >= 0.6 is 0 Å². The summed E-state index contributed by atoms with van der Waals surface area (Å²) in [5.41, 5.74) is 1.18. The van der Waals surface area contributed by atoms with Crippen molar-refractivity contribution in [3.8, 4) is 5.75 Å². The van der Waals surface area contributed by atoms with Gasteiger partial charge in [0.2, 0.25) is 0 Å². The molecule has 6 heteroatoms. The van der Waals surface area contributed by atoms with Crippen LogP contribution in [-0.4, -0.2) is 60.1 Å². The van der Waals surface area contributed by atoms with Crippen LogP contribution < -0.4 is 4.74 Å². The zero-order valence-electron chi connectivity index (χ0n) is 20.3. The number of Topliss-reactive ketones (excluding diaryl/α,β-unsaturated/α-hetero) is 1.